The van der Waals surface area contributed by atoms with Crippen LogP contribution in [0.2, 0.25) is 5.02 Å². The molecule has 5 heteroatoms. The first-order valence-corrected chi connectivity index (χ1v) is 5.79. The molecule has 0 radical (unpaired) electrons. The number of anilines is 1. The summed E-state index contributed by atoms with van der Waals surface area (Å²) in [7, 11) is 0. The lowest BCUT2D eigenvalue weighted by molar-refractivity contribution is -0.112. The first-order valence-electron chi connectivity index (χ1n) is 5.41. The fraction of sp³-hybridized carbons (Fsp3) is 0. The summed E-state index contributed by atoms with van der Waals surface area (Å²) in [6, 6.07) is 11.8. The van der Waals surface area contributed by atoms with Crippen LogP contribution in [0.15, 0.2) is 52.7 Å². The number of rotatable bonds is 3. The van der Waals surface area contributed by atoms with Crippen molar-refractivity contribution < 1.29 is 9.21 Å². The molecule has 0 atom stereocenters. The van der Waals surface area contributed by atoms with Gasteiger partial charge in [-0.05, 0) is 36.4 Å². The zero-order chi connectivity index (χ0) is 13.7. The Morgan fingerprint density at radius 3 is 2.63 bits per heavy atom. The summed E-state index contributed by atoms with van der Waals surface area (Å²) >= 11 is 5.74. The molecule has 0 aliphatic carbocycles. The van der Waals surface area contributed by atoms with Crippen LogP contribution >= 0.6 is 11.6 Å². The van der Waals surface area contributed by atoms with Gasteiger partial charge in [0.15, 0.2) is 0 Å². The SMILES string of the molecule is N#C/C(=C\c1ccco1)C(=O)Nc1ccc(Cl)cc1. The summed E-state index contributed by atoms with van der Waals surface area (Å²) < 4.78 is 5.06. The second-order valence-electron chi connectivity index (χ2n) is 3.65. The predicted octanol–water partition coefficient (Wildman–Crippen LogP) is 3.48. The maximum Gasteiger partial charge on any atom is 0.266 e. The number of hydrogen-bond acceptors (Lipinski definition) is 3. The molecule has 0 unspecified atom stereocenters. The minimum Gasteiger partial charge on any atom is -0.465 e. The minimum atomic E-state index is -0.499. The molecule has 94 valence electrons. The Bertz CT molecular complexity index is 637. The van der Waals surface area contributed by atoms with Crippen LogP contribution in [0, 0.1) is 11.3 Å². The summed E-state index contributed by atoms with van der Waals surface area (Å²) in [5.74, 6) is -0.0518. The molecular formula is C14H9ClN2O2. The van der Waals surface area contributed by atoms with E-state index < -0.39 is 5.91 Å². The van der Waals surface area contributed by atoms with E-state index in [1.807, 2.05) is 6.07 Å². The molecule has 19 heavy (non-hydrogen) atoms. The van der Waals surface area contributed by atoms with Crippen molar-refractivity contribution in [2.24, 2.45) is 0 Å². The molecule has 0 saturated carbocycles. The Morgan fingerprint density at radius 2 is 2.05 bits per heavy atom. The highest BCUT2D eigenvalue weighted by Crippen LogP contribution is 2.15. The molecule has 1 N–H and O–H groups in total. The monoisotopic (exact) mass is 272 g/mol. The Hall–Kier alpha value is -2.51. The lowest BCUT2D eigenvalue weighted by Crippen LogP contribution is -2.13. The normalized spacial score (nSPS) is 10.8. The third-order valence-electron chi connectivity index (χ3n) is 2.30. The van der Waals surface area contributed by atoms with Crippen molar-refractivity contribution in [3.63, 3.8) is 0 Å². The van der Waals surface area contributed by atoms with Crippen molar-refractivity contribution in [2.45, 2.75) is 0 Å². The van der Waals surface area contributed by atoms with Crippen molar-refractivity contribution in [3.8, 4) is 6.07 Å². The van der Waals surface area contributed by atoms with Gasteiger partial charge in [-0.1, -0.05) is 11.6 Å². The Kier molecular flexibility index (Phi) is 4.01. The minimum absolute atomic E-state index is 0.0371. The second kappa shape index (κ2) is 5.89. The van der Waals surface area contributed by atoms with Gasteiger partial charge in [-0.2, -0.15) is 5.26 Å². The highest BCUT2D eigenvalue weighted by atomic mass is 35.5. The van der Waals surface area contributed by atoms with E-state index in [1.54, 1.807) is 36.4 Å². The largest absolute Gasteiger partial charge is 0.465 e. The van der Waals surface area contributed by atoms with E-state index in [-0.39, 0.29) is 5.57 Å². The van der Waals surface area contributed by atoms with Gasteiger partial charge < -0.3 is 9.73 Å². The molecule has 0 aliphatic heterocycles. The van der Waals surface area contributed by atoms with Crippen LogP contribution < -0.4 is 5.32 Å². The number of amides is 1. The number of hydrogen-bond donors (Lipinski definition) is 1. The molecule has 4 nitrogen and oxygen atoms in total. The fourth-order valence-electron chi connectivity index (χ4n) is 1.40. The smallest absolute Gasteiger partial charge is 0.266 e. The van der Waals surface area contributed by atoms with Crippen LogP contribution in [0.25, 0.3) is 6.08 Å². The summed E-state index contributed by atoms with van der Waals surface area (Å²) in [5, 5.41) is 12.2. The number of nitrogens with zero attached hydrogens (tertiary/aromatic N) is 1. The van der Waals surface area contributed by atoms with E-state index in [9.17, 15) is 4.79 Å². The molecular weight excluding hydrogens is 264 g/mol. The molecule has 0 bridgehead atoms. The van der Waals surface area contributed by atoms with Crippen molar-refractivity contribution >= 4 is 29.3 Å². The van der Waals surface area contributed by atoms with Crippen LogP contribution in [0.1, 0.15) is 5.76 Å². The molecule has 0 aliphatic rings. The molecule has 1 aromatic carbocycles. The van der Waals surface area contributed by atoms with E-state index >= 15 is 0 Å². The molecule has 0 fully saturated rings. The first-order chi connectivity index (χ1) is 9.19. The van der Waals surface area contributed by atoms with Crippen LogP contribution in [0.3, 0.4) is 0 Å². The van der Waals surface area contributed by atoms with Gasteiger partial charge >= 0.3 is 0 Å². The summed E-state index contributed by atoms with van der Waals surface area (Å²) in [6.45, 7) is 0. The van der Waals surface area contributed by atoms with Gasteiger partial charge in [-0.25, -0.2) is 0 Å². The first kappa shape index (κ1) is 12.9. The van der Waals surface area contributed by atoms with Crippen LogP contribution in [0.5, 0.6) is 0 Å². The number of benzene rings is 1. The molecule has 2 rings (SSSR count). The van der Waals surface area contributed by atoms with Crippen molar-refractivity contribution in [2.75, 3.05) is 5.32 Å². The standard InChI is InChI=1S/C14H9ClN2O2/c15-11-3-5-12(6-4-11)17-14(18)10(9-16)8-13-2-1-7-19-13/h1-8H,(H,17,18)/b10-8+. The topological polar surface area (TPSA) is 66.0 Å². The number of halogens is 1. The van der Waals surface area contributed by atoms with E-state index in [0.29, 0.717) is 16.5 Å². The maximum atomic E-state index is 11.9. The molecule has 0 spiro atoms. The van der Waals surface area contributed by atoms with Gasteiger partial charge in [0, 0.05) is 16.8 Å². The second-order valence-corrected chi connectivity index (χ2v) is 4.08. The number of nitrogens with one attached hydrogen (secondary N) is 1. The Labute approximate surface area is 114 Å². The van der Waals surface area contributed by atoms with Crippen LogP contribution in [-0.4, -0.2) is 5.91 Å². The number of nitriles is 1. The van der Waals surface area contributed by atoms with E-state index in [0.717, 1.165) is 0 Å². The summed E-state index contributed by atoms with van der Waals surface area (Å²) in [6.07, 6.45) is 2.85. The van der Waals surface area contributed by atoms with Gasteiger partial charge in [0.2, 0.25) is 0 Å². The van der Waals surface area contributed by atoms with E-state index in [4.69, 9.17) is 21.3 Å². The highest BCUT2D eigenvalue weighted by Gasteiger charge is 2.10. The predicted molar refractivity (Wildman–Crippen MR) is 72.4 cm³/mol. The molecule has 1 aromatic heterocycles. The Morgan fingerprint density at radius 1 is 1.32 bits per heavy atom. The molecule has 1 heterocycles. The average Bonchev–Trinajstić information content (AvgIpc) is 2.91. The van der Waals surface area contributed by atoms with Gasteiger partial charge in [0.25, 0.3) is 5.91 Å². The summed E-state index contributed by atoms with van der Waals surface area (Å²) in [5.41, 5.74) is 0.528. The Balaban J connectivity index is 2.14. The fourth-order valence-corrected chi connectivity index (χ4v) is 1.52. The number of carbonyl (C=O) groups is 1. The van der Waals surface area contributed by atoms with E-state index in [1.165, 1.54) is 12.3 Å². The van der Waals surface area contributed by atoms with Gasteiger partial charge in [-0.15, -0.1) is 0 Å². The quantitative estimate of drug-likeness (QED) is 0.687. The zero-order valence-corrected chi connectivity index (χ0v) is 10.5. The van der Waals surface area contributed by atoms with Crippen LogP contribution in [-0.2, 0) is 4.79 Å². The molecule has 1 amide bonds. The lowest BCUT2D eigenvalue weighted by Gasteiger charge is -2.03. The van der Waals surface area contributed by atoms with Gasteiger partial charge in [0.1, 0.15) is 17.4 Å². The van der Waals surface area contributed by atoms with Crippen molar-refractivity contribution in [3.05, 3.63) is 59.0 Å². The molecule has 2 aromatic rings. The van der Waals surface area contributed by atoms with Crippen molar-refractivity contribution in [1.29, 1.82) is 5.26 Å². The zero-order valence-electron chi connectivity index (χ0n) is 9.76. The maximum absolute atomic E-state index is 11.9. The van der Waals surface area contributed by atoms with Gasteiger partial charge in [-0.3, -0.25) is 4.79 Å². The number of furan rings is 1. The molecule has 0 saturated heterocycles. The third-order valence-corrected chi connectivity index (χ3v) is 2.55. The highest BCUT2D eigenvalue weighted by molar-refractivity contribution is 6.30. The van der Waals surface area contributed by atoms with Gasteiger partial charge in [0.05, 0.1) is 6.26 Å². The third kappa shape index (κ3) is 3.47. The van der Waals surface area contributed by atoms with E-state index in [2.05, 4.69) is 5.32 Å². The van der Waals surface area contributed by atoms with Crippen LogP contribution in [0.4, 0.5) is 5.69 Å². The number of carbonyl (C=O) groups excluding carboxylic acids is 1. The summed E-state index contributed by atoms with van der Waals surface area (Å²) in [4.78, 5) is 11.9. The average molecular weight is 273 g/mol. The van der Waals surface area contributed by atoms with Crippen molar-refractivity contribution in [1.82, 2.24) is 0 Å². The lowest BCUT2D eigenvalue weighted by atomic mass is 10.2.